The van der Waals surface area contributed by atoms with E-state index >= 15 is 0 Å². The molecule has 1 heterocycles. The molecule has 0 spiro atoms. The summed E-state index contributed by atoms with van der Waals surface area (Å²) in [4.78, 5) is 22.6. The molecule has 0 aromatic heterocycles. The highest BCUT2D eigenvalue weighted by Gasteiger charge is 2.44. The van der Waals surface area contributed by atoms with Gasteiger partial charge in [0.1, 0.15) is 30.8 Å². The zero-order valence-electron chi connectivity index (χ0n) is 12.9. The van der Waals surface area contributed by atoms with Gasteiger partial charge in [-0.05, 0) is 6.08 Å². The van der Waals surface area contributed by atoms with E-state index in [1.165, 1.54) is 6.92 Å². The van der Waals surface area contributed by atoms with E-state index < -0.39 is 54.7 Å². The van der Waals surface area contributed by atoms with Crippen molar-refractivity contribution in [2.45, 2.75) is 37.4 Å². The average Bonchev–Trinajstić information content (AvgIpc) is 2.51. The van der Waals surface area contributed by atoms with Crippen LogP contribution in [0.5, 0.6) is 0 Å². The quantitative estimate of drug-likeness (QED) is 0.176. The maximum atomic E-state index is 11.4. The smallest absolute Gasteiger partial charge is 0.370 e. The van der Waals surface area contributed by atoms with E-state index in [4.69, 9.17) is 30.8 Å². The molecule has 1 amide bonds. The highest BCUT2D eigenvalue weighted by Crippen LogP contribution is 2.24. The van der Waals surface area contributed by atoms with E-state index in [0.717, 1.165) is 6.08 Å². The number of nitrogens with one attached hydrogen (secondary N) is 2. The lowest BCUT2D eigenvalue weighted by Gasteiger charge is -2.39. The number of nitrogens with two attached hydrogens (primary N) is 1. The van der Waals surface area contributed by atoms with Crippen molar-refractivity contribution in [1.82, 2.24) is 5.32 Å². The Balaban J connectivity index is 3.17. The number of amides is 1. The van der Waals surface area contributed by atoms with Crippen LogP contribution in [0.3, 0.4) is 0 Å². The van der Waals surface area contributed by atoms with Crippen molar-refractivity contribution in [2.75, 3.05) is 13.2 Å². The molecule has 0 aliphatic carbocycles. The van der Waals surface area contributed by atoms with Crippen molar-refractivity contribution < 1.29 is 39.5 Å². The number of carboxylic acid groups (broad SMARTS) is 1. The average molecular weight is 347 g/mol. The Morgan fingerprint density at radius 2 is 2.12 bits per heavy atom. The molecule has 8 N–H and O–H groups in total. The monoisotopic (exact) mass is 347 g/mol. The lowest BCUT2D eigenvalue weighted by Crippen LogP contribution is -2.60. The van der Waals surface area contributed by atoms with E-state index in [1.54, 1.807) is 0 Å². The van der Waals surface area contributed by atoms with E-state index in [0.29, 0.717) is 0 Å². The van der Waals surface area contributed by atoms with E-state index in [1.807, 2.05) is 0 Å². The number of hydrogen-bond acceptors (Lipinski definition) is 8. The molecule has 0 bridgehead atoms. The van der Waals surface area contributed by atoms with Crippen molar-refractivity contribution in [3.63, 3.8) is 0 Å². The Hall–Kier alpha value is -2.21. The molecular weight excluding hydrogens is 326 g/mol. The predicted octanol–water partition coefficient (Wildman–Crippen LogP) is -3.11. The Morgan fingerprint density at radius 1 is 1.50 bits per heavy atom. The predicted molar refractivity (Wildman–Crippen MR) is 79.0 cm³/mol. The summed E-state index contributed by atoms with van der Waals surface area (Å²) in [6, 6.07) is -1.08. The van der Waals surface area contributed by atoms with E-state index in [-0.39, 0.29) is 12.4 Å². The highest BCUT2D eigenvalue weighted by molar-refractivity contribution is 5.85. The van der Waals surface area contributed by atoms with E-state index in [9.17, 15) is 19.8 Å². The Kier molecular flexibility index (Phi) is 7.10. The molecule has 0 aromatic carbocycles. The van der Waals surface area contributed by atoms with Crippen LogP contribution in [0.1, 0.15) is 6.92 Å². The number of aliphatic hydroxyl groups is 3. The van der Waals surface area contributed by atoms with Crippen molar-refractivity contribution in [3.8, 4) is 0 Å². The third-order valence-corrected chi connectivity index (χ3v) is 3.22. The molecule has 136 valence electrons. The number of carbonyl (C=O) groups excluding carboxylic acids is 1. The third kappa shape index (κ3) is 5.16. The second-order valence-corrected chi connectivity index (χ2v) is 5.19. The van der Waals surface area contributed by atoms with Gasteiger partial charge in [0.25, 0.3) is 0 Å². The molecule has 0 saturated heterocycles. The zero-order valence-corrected chi connectivity index (χ0v) is 12.9. The van der Waals surface area contributed by atoms with Crippen LogP contribution in [-0.4, -0.2) is 81.8 Å². The number of aliphatic carboxylic acids is 1. The summed E-state index contributed by atoms with van der Waals surface area (Å²) in [6.45, 7) is 0.0266. The van der Waals surface area contributed by atoms with Gasteiger partial charge in [-0.25, -0.2) is 4.79 Å². The topological polar surface area (TPSA) is 195 Å². The van der Waals surface area contributed by atoms with Crippen molar-refractivity contribution in [3.05, 3.63) is 11.8 Å². The summed E-state index contributed by atoms with van der Waals surface area (Å²) in [5.74, 6) is -2.88. The molecule has 11 nitrogen and oxygen atoms in total. The molecule has 11 heteroatoms. The first-order valence-corrected chi connectivity index (χ1v) is 6.97. The minimum atomic E-state index is -1.71. The van der Waals surface area contributed by atoms with Gasteiger partial charge in [-0.2, -0.15) is 0 Å². The second kappa shape index (κ2) is 8.59. The fourth-order valence-electron chi connectivity index (χ4n) is 2.17. The first-order chi connectivity index (χ1) is 11.2. The molecule has 0 saturated carbocycles. The first-order valence-electron chi connectivity index (χ1n) is 6.97. The number of rotatable bonds is 8. The summed E-state index contributed by atoms with van der Waals surface area (Å²) < 4.78 is 10.4. The fourth-order valence-corrected chi connectivity index (χ4v) is 2.17. The number of carbonyl (C=O) groups is 2. The van der Waals surface area contributed by atoms with Gasteiger partial charge >= 0.3 is 5.97 Å². The Labute approximate surface area is 137 Å². The number of amidine groups is 1. The van der Waals surface area contributed by atoms with Gasteiger partial charge in [-0.15, -0.1) is 0 Å². The van der Waals surface area contributed by atoms with Crippen LogP contribution in [0.15, 0.2) is 11.8 Å². The lowest BCUT2D eigenvalue weighted by molar-refractivity contribution is -0.151. The summed E-state index contributed by atoms with van der Waals surface area (Å²) >= 11 is 0. The first kappa shape index (κ1) is 19.8. The van der Waals surface area contributed by atoms with Crippen LogP contribution >= 0.6 is 0 Å². The molecule has 1 aliphatic heterocycles. The van der Waals surface area contributed by atoms with Gasteiger partial charge in [0.2, 0.25) is 11.7 Å². The van der Waals surface area contributed by atoms with Crippen LogP contribution < -0.4 is 11.1 Å². The van der Waals surface area contributed by atoms with Gasteiger partial charge in [0.15, 0.2) is 6.10 Å². The summed E-state index contributed by atoms with van der Waals surface area (Å²) in [7, 11) is 0. The van der Waals surface area contributed by atoms with Crippen molar-refractivity contribution in [1.29, 1.82) is 5.41 Å². The maximum absolute atomic E-state index is 11.4. The largest absolute Gasteiger partial charge is 0.478 e. The molecule has 1 rings (SSSR count). The molecular formula is C13H21N3O8. The maximum Gasteiger partial charge on any atom is 0.370 e. The molecule has 0 fully saturated rings. The number of aliphatic hydroxyl groups excluding tert-OH is 3. The van der Waals surface area contributed by atoms with Crippen LogP contribution in [-0.2, 0) is 19.1 Å². The highest BCUT2D eigenvalue weighted by atomic mass is 16.5. The van der Waals surface area contributed by atoms with Gasteiger partial charge in [-0.3, -0.25) is 10.2 Å². The van der Waals surface area contributed by atoms with Gasteiger partial charge in [0.05, 0.1) is 12.6 Å². The fraction of sp³-hybridized carbons (Fsp3) is 0.615. The lowest BCUT2D eigenvalue weighted by atomic mass is 9.93. The van der Waals surface area contributed by atoms with Crippen molar-refractivity contribution in [2.24, 2.45) is 5.73 Å². The number of ether oxygens (including phenoxy) is 2. The minimum Gasteiger partial charge on any atom is -0.478 e. The SMILES string of the molecule is CC(=O)N[C@H]1[C@H]([C@H](O)[C@H](O)CO)OC(C(=O)O)=C[C@@H]1OCC(=N)N. The van der Waals surface area contributed by atoms with Crippen LogP contribution in [0, 0.1) is 5.41 Å². The van der Waals surface area contributed by atoms with Crippen LogP contribution in [0.4, 0.5) is 0 Å². The summed E-state index contributed by atoms with van der Waals surface area (Å²) in [5, 5.41) is 47.4. The van der Waals surface area contributed by atoms with Gasteiger partial charge in [0, 0.05) is 6.92 Å². The molecule has 1 aliphatic rings. The van der Waals surface area contributed by atoms with Crippen LogP contribution in [0.2, 0.25) is 0 Å². The van der Waals surface area contributed by atoms with Gasteiger partial charge < -0.3 is 41.0 Å². The summed E-state index contributed by atoms with van der Waals surface area (Å²) in [5.41, 5.74) is 5.20. The summed E-state index contributed by atoms with van der Waals surface area (Å²) in [6.07, 6.45) is -4.79. The van der Waals surface area contributed by atoms with E-state index in [2.05, 4.69) is 5.32 Å². The second-order valence-electron chi connectivity index (χ2n) is 5.19. The standard InChI is InChI=1S/C13H21N3O8/c1-5(18)16-10-7(23-4-9(14)15)2-8(13(21)22)24-12(10)11(20)6(19)3-17/h2,6-7,10-12,17,19-20H,3-4H2,1H3,(H3,14,15)(H,16,18)(H,21,22)/t6-,7+,10-,11-,12-/m1/s1. The Morgan fingerprint density at radius 3 is 2.58 bits per heavy atom. The van der Waals surface area contributed by atoms with Crippen molar-refractivity contribution >= 4 is 17.7 Å². The minimum absolute atomic E-state index is 0.333. The third-order valence-electron chi connectivity index (χ3n) is 3.22. The van der Waals surface area contributed by atoms with Gasteiger partial charge in [-0.1, -0.05) is 0 Å². The number of carboxylic acids is 1. The number of hydrogen-bond donors (Lipinski definition) is 7. The molecule has 0 unspecified atom stereocenters. The molecule has 0 aromatic rings. The normalized spacial score (nSPS) is 25.8. The molecule has 0 radical (unpaired) electrons. The van der Waals surface area contributed by atoms with Crippen LogP contribution in [0.25, 0.3) is 0 Å². The zero-order chi connectivity index (χ0) is 18.4. The molecule has 5 atom stereocenters. The molecule has 24 heavy (non-hydrogen) atoms. The Bertz CT molecular complexity index is 523.